The van der Waals surface area contributed by atoms with E-state index < -0.39 is 0 Å². The molecule has 0 saturated heterocycles. The van der Waals surface area contributed by atoms with Crippen LogP contribution in [0.25, 0.3) is 0 Å². The molecule has 86 valence electrons. The Morgan fingerprint density at radius 2 is 1.88 bits per heavy atom. The van der Waals surface area contributed by atoms with Gasteiger partial charge in [0.25, 0.3) is 0 Å². The van der Waals surface area contributed by atoms with Crippen molar-refractivity contribution in [3.63, 3.8) is 0 Å². The van der Waals surface area contributed by atoms with E-state index >= 15 is 0 Å². The maximum atomic E-state index is 11.3. The van der Waals surface area contributed by atoms with Gasteiger partial charge in [-0.3, -0.25) is 4.79 Å². The molecular weight excluding hydrogens is 206 g/mol. The summed E-state index contributed by atoms with van der Waals surface area (Å²) in [6.45, 7) is 0.420. The van der Waals surface area contributed by atoms with Gasteiger partial charge >= 0.3 is 0 Å². The third-order valence-corrected chi connectivity index (χ3v) is 1.96. The number of methoxy groups -OCH3 is 2. The molecule has 0 fully saturated rings. The molecule has 1 rings (SSSR count). The van der Waals surface area contributed by atoms with Crippen molar-refractivity contribution in [2.75, 3.05) is 14.2 Å². The van der Waals surface area contributed by atoms with Gasteiger partial charge in [-0.2, -0.15) is 0 Å². The van der Waals surface area contributed by atoms with E-state index in [1.807, 2.05) is 6.07 Å². The molecule has 1 aromatic heterocycles. The molecule has 4 nitrogen and oxygen atoms in total. The van der Waals surface area contributed by atoms with Crippen LogP contribution in [0.5, 0.6) is 5.75 Å². The second kappa shape index (κ2) is 6.63. The number of hydrogen-bond donors (Lipinski definition) is 1. The maximum absolute atomic E-state index is 11.3. The lowest BCUT2D eigenvalue weighted by molar-refractivity contribution is 0.181. The van der Waals surface area contributed by atoms with E-state index in [9.17, 15) is 4.79 Å². The molecule has 0 bridgehead atoms. The molecule has 1 heterocycles. The zero-order chi connectivity index (χ0) is 11.8. The van der Waals surface area contributed by atoms with E-state index in [1.54, 1.807) is 32.7 Å². The minimum Gasteiger partial charge on any atom is -0.496 e. The summed E-state index contributed by atoms with van der Waals surface area (Å²) in [5.41, 5.74) is 0.756. The van der Waals surface area contributed by atoms with Gasteiger partial charge in [0.05, 0.1) is 13.7 Å². The summed E-state index contributed by atoms with van der Waals surface area (Å²) >= 11 is 0. The lowest BCUT2D eigenvalue weighted by Gasteiger charge is -2.04. The van der Waals surface area contributed by atoms with Crippen molar-refractivity contribution in [3.05, 3.63) is 52.4 Å². The monoisotopic (exact) mass is 221 g/mol. The molecule has 4 heteroatoms. The van der Waals surface area contributed by atoms with Crippen LogP contribution in [0.3, 0.4) is 0 Å². The summed E-state index contributed by atoms with van der Waals surface area (Å²) in [4.78, 5) is 14.1. The number of hydrogen-bond acceptors (Lipinski definition) is 3. The Hall–Kier alpha value is -1.81. The zero-order valence-electron chi connectivity index (χ0n) is 9.40. The second-order valence-corrected chi connectivity index (χ2v) is 3.10. The van der Waals surface area contributed by atoms with Crippen LogP contribution < -0.4 is 10.2 Å². The van der Waals surface area contributed by atoms with E-state index in [0.29, 0.717) is 12.4 Å². The van der Waals surface area contributed by atoms with Gasteiger partial charge in [-0.1, -0.05) is 0 Å². The fourth-order valence-corrected chi connectivity index (χ4v) is 1.21. The van der Waals surface area contributed by atoms with Crippen molar-refractivity contribution < 1.29 is 9.47 Å². The quantitative estimate of drug-likeness (QED) is 0.844. The van der Waals surface area contributed by atoms with Crippen LogP contribution in [-0.2, 0) is 11.3 Å². The summed E-state index contributed by atoms with van der Waals surface area (Å²) in [5.74, 6) is 0.614. The molecule has 0 aliphatic carbocycles. The van der Waals surface area contributed by atoms with Gasteiger partial charge in [0, 0.05) is 31.1 Å². The molecular formula is C12H15NO3. The zero-order valence-corrected chi connectivity index (χ0v) is 9.40. The first-order valence-electron chi connectivity index (χ1n) is 4.85. The molecule has 1 N–H and O–H groups in total. The number of H-pyrrole nitrogens is 1. The highest BCUT2D eigenvalue weighted by Gasteiger charge is 1.97. The van der Waals surface area contributed by atoms with Crippen molar-refractivity contribution in [1.29, 1.82) is 0 Å². The Kier molecular flexibility index (Phi) is 5.08. The predicted octanol–water partition coefficient (Wildman–Crippen LogP) is 1.65. The average Bonchev–Trinajstić information content (AvgIpc) is 2.29. The second-order valence-electron chi connectivity index (χ2n) is 3.10. The minimum atomic E-state index is -0.103. The molecule has 0 aliphatic rings. The van der Waals surface area contributed by atoms with Crippen LogP contribution in [0.4, 0.5) is 0 Å². The van der Waals surface area contributed by atoms with Gasteiger partial charge in [-0.15, -0.1) is 0 Å². The molecule has 0 amide bonds. The van der Waals surface area contributed by atoms with Crippen LogP contribution in [0.2, 0.25) is 0 Å². The number of aromatic amines is 1. The Balaban J connectivity index is 3.36. The summed E-state index contributed by atoms with van der Waals surface area (Å²) in [6.07, 6.45) is 3.29. The Labute approximate surface area is 94.2 Å². The summed E-state index contributed by atoms with van der Waals surface area (Å²) in [6, 6.07) is 6.37. The van der Waals surface area contributed by atoms with Crippen LogP contribution in [0, 0.1) is 0 Å². The summed E-state index contributed by atoms with van der Waals surface area (Å²) in [7, 11) is 3.16. The van der Waals surface area contributed by atoms with Gasteiger partial charge in [0.15, 0.2) is 5.43 Å². The van der Waals surface area contributed by atoms with E-state index in [0.717, 1.165) is 5.56 Å². The summed E-state index contributed by atoms with van der Waals surface area (Å²) in [5, 5.41) is 0. The first-order chi connectivity index (χ1) is 7.77. The van der Waals surface area contributed by atoms with E-state index in [2.05, 4.69) is 4.98 Å². The molecule has 0 saturated carbocycles. The molecule has 0 unspecified atom stereocenters. The highest BCUT2D eigenvalue weighted by Crippen LogP contribution is 2.14. The maximum Gasteiger partial charge on any atom is 0.180 e. The summed E-state index contributed by atoms with van der Waals surface area (Å²) < 4.78 is 10.2. The van der Waals surface area contributed by atoms with E-state index in [1.165, 1.54) is 12.1 Å². The van der Waals surface area contributed by atoms with Crippen molar-refractivity contribution in [3.8, 4) is 5.75 Å². The number of nitrogens with one attached hydrogen (secondary N) is 1. The molecule has 0 aromatic carbocycles. The van der Waals surface area contributed by atoms with Crippen LogP contribution >= 0.6 is 0 Å². The van der Waals surface area contributed by atoms with E-state index in [4.69, 9.17) is 9.47 Å². The molecule has 0 spiro atoms. The van der Waals surface area contributed by atoms with Gasteiger partial charge in [-0.05, 0) is 18.2 Å². The Morgan fingerprint density at radius 1 is 1.12 bits per heavy atom. The van der Waals surface area contributed by atoms with Crippen molar-refractivity contribution in [2.24, 2.45) is 0 Å². The van der Waals surface area contributed by atoms with Crippen molar-refractivity contribution >= 4 is 0 Å². The van der Waals surface area contributed by atoms with Crippen LogP contribution in [0.1, 0.15) is 5.56 Å². The third kappa shape index (κ3) is 3.74. The number of aromatic nitrogens is 1. The highest BCUT2D eigenvalue weighted by atomic mass is 16.5. The first kappa shape index (κ1) is 12.3. The van der Waals surface area contributed by atoms with Crippen LogP contribution in [-0.4, -0.2) is 19.2 Å². The van der Waals surface area contributed by atoms with Gasteiger partial charge < -0.3 is 14.5 Å². The minimum absolute atomic E-state index is 0.103. The molecule has 0 aliphatic heterocycles. The van der Waals surface area contributed by atoms with E-state index in [-0.39, 0.29) is 5.43 Å². The molecule has 0 radical (unpaired) electrons. The van der Waals surface area contributed by atoms with Crippen molar-refractivity contribution in [1.82, 2.24) is 4.98 Å². The molecule has 0 atom stereocenters. The van der Waals surface area contributed by atoms with Gasteiger partial charge in [0.2, 0.25) is 0 Å². The molecule has 16 heavy (non-hydrogen) atoms. The highest BCUT2D eigenvalue weighted by molar-refractivity contribution is 5.29. The smallest absolute Gasteiger partial charge is 0.180 e. The Morgan fingerprint density at radius 3 is 2.56 bits per heavy atom. The topological polar surface area (TPSA) is 51.3 Å². The molecule has 1 aromatic rings. The lowest BCUT2D eigenvalue weighted by Crippen LogP contribution is -1.95. The fraction of sp³-hybridized carbons (Fsp3) is 0.250. The normalized spacial score (nSPS) is 9.38. The standard InChI is InChI=1S/C12H15NO3/c1-15-9-10-5-7-13-8-6-11(14)3-4-12(10)16-2/h3-8,13H,9H2,1-2H3. The fourth-order valence-electron chi connectivity index (χ4n) is 1.21. The Bertz CT molecular complexity index is 439. The first-order valence-corrected chi connectivity index (χ1v) is 4.85. The largest absolute Gasteiger partial charge is 0.496 e. The number of ether oxygens (including phenoxy) is 2. The SMILES string of the molecule is COCc1cc[nH]ccc(=O)ccc1OC. The number of rotatable bonds is 3. The van der Waals surface area contributed by atoms with Gasteiger partial charge in [-0.25, -0.2) is 0 Å². The predicted molar refractivity (Wildman–Crippen MR) is 62.0 cm³/mol. The lowest BCUT2D eigenvalue weighted by atomic mass is 10.2. The van der Waals surface area contributed by atoms with Crippen molar-refractivity contribution in [2.45, 2.75) is 6.61 Å². The average molecular weight is 221 g/mol. The van der Waals surface area contributed by atoms with Gasteiger partial charge in [0.1, 0.15) is 5.75 Å². The van der Waals surface area contributed by atoms with Crippen LogP contribution in [0.15, 0.2) is 41.5 Å². The third-order valence-electron chi connectivity index (χ3n) is 1.96.